The summed E-state index contributed by atoms with van der Waals surface area (Å²) in [6, 6.07) is 5.51. The lowest BCUT2D eigenvalue weighted by Gasteiger charge is -2.36. The van der Waals surface area contributed by atoms with Gasteiger partial charge < -0.3 is 9.47 Å². The standard InChI is InChI=1S/C14H20FNO2/c1-10-9-18-11(2)7-16(10)8-12-4-5-14(17-3)13(15)6-12/h4-6,10-11H,7-9H2,1-3H3. The topological polar surface area (TPSA) is 21.7 Å². The Morgan fingerprint density at radius 1 is 1.44 bits per heavy atom. The minimum absolute atomic E-state index is 0.240. The molecule has 100 valence electrons. The van der Waals surface area contributed by atoms with Gasteiger partial charge in [-0.1, -0.05) is 6.07 Å². The number of nitrogens with zero attached hydrogens (tertiary/aromatic N) is 1. The van der Waals surface area contributed by atoms with E-state index >= 15 is 0 Å². The molecule has 1 aromatic rings. The Morgan fingerprint density at radius 3 is 2.89 bits per heavy atom. The zero-order chi connectivity index (χ0) is 13.1. The van der Waals surface area contributed by atoms with Gasteiger partial charge in [0, 0.05) is 19.1 Å². The molecule has 0 aromatic heterocycles. The lowest BCUT2D eigenvalue weighted by atomic mass is 10.1. The minimum atomic E-state index is -0.302. The highest BCUT2D eigenvalue weighted by molar-refractivity contribution is 5.29. The van der Waals surface area contributed by atoms with E-state index in [9.17, 15) is 4.39 Å². The van der Waals surface area contributed by atoms with E-state index in [1.165, 1.54) is 7.11 Å². The molecule has 0 N–H and O–H groups in total. The van der Waals surface area contributed by atoms with Crippen LogP contribution in [-0.2, 0) is 11.3 Å². The summed E-state index contributed by atoms with van der Waals surface area (Å²) < 4.78 is 24.1. The van der Waals surface area contributed by atoms with Crippen molar-refractivity contribution in [2.75, 3.05) is 20.3 Å². The number of ether oxygens (including phenoxy) is 2. The van der Waals surface area contributed by atoms with Gasteiger partial charge in [0.25, 0.3) is 0 Å². The maximum atomic E-state index is 13.6. The van der Waals surface area contributed by atoms with Gasteiger partial charge in [0.1, 0.15) is 0 Å². The second kappa shape index (κ2) is 5.67. The first-order valence-corrected chi connectivity index (χ1v) is 6.28. The number of benzene rings is 1. The van der Waals surface area contributed by atoms with E-state index in [-0.39, 0.29) is 11.9 Å². The number of hydrogen-bond donors (Lipinski definition) is 0. The van der Waals surface area contributed by atoms with Crippen molar-refractivity contribution in [1.82, 2.24) is 4.90 Å². The lowest BCUT2D eigenvalue weighted by molar-refractivity contribution is -0.0526. The van der Waals surface area contributed by atoms with E-state index in [0.717, 1.165) is 25.3 Å². The summed E-state index contributed by atoms with van der Waals surface area (Å²) >= 11 is 0. The Labute approximate surface area is 107 Å². The smallest absolute Gasteiger partial charge is 0.165 e. The molecule has 1 aliphatic rings. The number of methoxy groups -OCH3 is 1. The third kappa shape index (κ3) is 3.00. The molecule has 1 aromatic carbocycles. The van der Waals surface area contributed by atoms with Crippen molar-refractivity contribution in [3.63, 3.8) is 0 Å². The van der Waals surface area contributed by atoms with Gasteiger partial charge in [-0.15, -0.1) is 0 Å². The fraction of sp³-hybridized carbons (Fsp3) is 0.571. The molecule has 1 fully saturated rings. The SMILES string of the molecule is COc1ccc(CN2CC(C)OCC2C)cc1F. The molecule has 4 heteroatoms. The summed E-state index contributed by atoms with van der Waals surface area (Å²) in [5.41, 5.74) is 0.967. The zero-order valence-electron chi connectivity index (χ0n) is 11.1. The van der Waals surface area contributed by atoms with Crippen LogP contribution in [-0.4, -0.2) is 37.3 Å². The molecule has 0 amide bonds. The van der Waals surface area contributed by atoms with Gasteiger partial charge in [-0.3, -0.25) is 4.90 Å². The average Bonchev–Trinajstić information content (AvgIpc) is 2.34. The normalized spacial score (nSPS) is 25.1. The summed E-state index contributed by atoms with van der Waals surface area (Å²) in [5, 5.41) is 0. The zero-order valence-corrected chi connectivity index (χ0v) is 11.1. The maximum absolute atomic E-state index is 13.6. The number of rotatable bonds is 3. The van der Waals surface area contributed by atoms with Crippen LogP contribution in [0, 0.1) is 5.82 Å². The molecule has 0 spiro atoms. The minimum Gasteiger partial charge on any atom is -0.494 e. The first kappa shape index (κ1) is 13.3. The van der Waals surface area contributed by atoms with E-state index in [1.807, 2.05) is 6.07 Å². The highest BCUT2D eigenvalue weighted by Crippen LogP contribution is 2.20. The molecule has 18 heavy (non-hydrogen) atoms. The summed E-state index contributed by atoms with van der Waals surface area (Å²) in [5.74, 6) is -0.00824. The molecule has 0 radical (unpaired) electrons. The van der Waals surface area contributed by atoms with E-state index < -0.39 is 0 Å². The molecular formula is C14H20FNO2. The average molecular weight is 253 g/mol. The molecule has 2 atom stereocenters. The second-order valence-corrected chi connectivity index (χ2v) is 4.89. The number of hydrogen-bond acceptors (Lipinski definition) is 3. The predicted molar refractivity (Wildman–Crippen MR) is 68.2 cm³/mol. The van der Waals surface area contributed by atoms with Crippen LogP contribution in [0.15, 0.2) is 18.2 Å². The highest BCUT2D eigenvalue weighted by Gasteiger charge is 2.23. The van der Waals surface area contributed by atoms with Crippen LogP contribution in [0.3, 0.4) is 0 Å². The van der Waals surface area contributed by atoms with Crippen LogP contribution in [0.4, 0.5) is 4.39 Å². The lowest BCUT2D eigenvalue weighted by Crippen LogP contribution is -2.46. The molecule has 1 heterocycles. The Kier molecular flexibility index (Phi) is 4.19. The van der Waals surface area contributed by atoms with E-state index in [4.69, 9.17) is 9.47 Å². The molecule has 1 aliphatic heterocycles. The maximum Gasteiger partial charge on any atom is 0.165 e. The molecule has 0 saturated carbocycles. The Bertz CT molecular complexity index is 411. The Morgan fingerprint density at radius 2 is 2.22 bits per heavy atom. The van der Waals surface area contributed by atoms with Gasteiger partial charge in [-0.25, -0.2) is 4.39 Å². The third-order valence-corrected chi connectivity index (χ3v) is 3.34. The number of halogens is 1. The van der Waals surface area contributed by atoms with Crippen molar-refractivity contribution in [2.24, 2.45) is 0 Å². The first-order valence-electron chi connectivity index (χ1n) is 6.28. The number of morpholine rings is 1. The van der Waals surface area contributed by atoms with Crippen LogP contribution < -0.4 is 4.74 Å². The van der Waals surface area contributed by atoms with Crippen molar-refractivity contribution in [3.05, 3.63) is 29.6 Å². The molecule has 0 bridgehead atoms. The van der Waals surface area contributed by atoms with Gasteiger partial charge in [0.2, 0.25) is 0 Å². The van der Waals surface area contributed by atoms with Crippen LogP contribution in [0.25, 0.3) is 0 Å². The van der Waals surface area contributed by atoms with Crippen molar-refractivity contribution >= 4 is 0 Å². The predicted octanol–water partition coefficient (Wildman–Crippen LogP) is 2.44. The van der Waals surface area contributed by atoms with Crippen LogP contribution in [0.2, 0.25) is 0 Å². The van der Waals surface area contributed by atoms with Crippen molar-refractivity contribution in [3.8, 4) is 5.75 Å². The Hall–Kier alpha value is -1.13. The summed E-state index contributed by atoms with van der Waals surface area (Å²) in [6.45, 7) is 6.56. The van der Waals surface area contributed by atoms with Crippen LogP contribution in [0.1, 0.15) is 19.4 Å². The second-order valence-electron chi connectivity index (χ2n) is 4.89. The van der Waals surface area contributed by atoms with Crippen molar-refractivity contribution in [2.45, 2.75) is 32.5 Å². The van der Waals surface area contributed by atoms with Gasteiger partial charge in [0.15, 0.2) is 11.6 Å². The van der Waals surface area contributed by atoms with Gasteiger partial charge in [-0.05, 0) is 31.5 Å². The monoisotopic (exact) mass is 253 g/mol. The van der Waals surface area contributed by atoms with Gasteiger partial charge >= 0.3 is 0 Å². The molecule has 2 rings (SSSR count). The quantitative estimate of drug-likeness (QED) is 0.826. The van der Waals surface area contributed by atoms with Gasteiger partial charge in [-0.2, -0.15) is 0 Å². The third-order valence-electron chi connectivity index (χ3n) is 3.34. The summed E-state index contributed by atoms with van der Waals surface area (Å²) in [6.07, 6.45) is 0.240. The van der Waals surface area contributed by atoms with Crippen LogP contribution >= 0.6 is 0 Å². The fourth-order valence-electron chi connectivity index (χ4n) is 2.23. The highest BCUT2D eigenvalue weighted by atomic mass is 19.1. The molecule has 2 unspecified atom stereocenters. The Balaban J connectivity index is 2.06. The largest absolute Gasteiger partial charge is 0.494 e. The fourth-order valence-corrected chi connectivity index (χ4v) is 2.23. The molecular weight excluding hydrogens is 233 g/mol. The van der Waals surface area contributed by atoms with E-state index in [1.54, 1.807) is 12.1 Å². The molecule has 3 nitrogen and oxygen atoms in total. The van der Waals surface area contributed by atoms with E-state index in [2.05, 4.69) is 18.7 Å². The van der Waals surface area contributed by atoms with Crippen molar-refractivity contribution in [1.29, 1.82) is 0 Å². The van der Waals surface area contributed by atoms with E-state index in [0.29, 0.717) is 11.8 Å². The molecule has 1 saturated heterocycles. The van der Waals surface area contributed by atoms with Crippen molar-refractivity contribution < 1.29 is 13.9 Å². The van der Waals surface area contributed by atoms with Crippen LogP contribution in [0.5, 0.6) is 5.75 Å². The molecule has 0 aliphatic carbocycles. The van der Waals surface area contributed by atoms with Gasteiger partial charge in [0.05, 0.1) is 19.8 Å². The first-order chi connectivity index (χ1) is 8.60. The summed E-state index contributed by atoms with van der Waals surface area (Å²) in [7, 11) is 1.48. The summed E-state index contributed by atoms with van der Waals surface area (Å²) in [4.78, 5) is 2.31.